The number of nitrogens with zero attached hydrogens (tertiary/aromatic N) is 4. The third-order valence-corrected chi connectivity index (χ3v) is 3.56. The van der Waals surface area contributed by atoms with Crippen LogP contribution in [0.15, 0.2) is 47.7 Å². The van der Waals surface area contributed by atoms with Crippen LogP contribution in [0.4, 0.5) is 0 Å². The summed E-state index contributed by atoms with van der Waals surface area (Å²) in [6.07, 6.45) is 4.77. The Bertz CT molecular complexity index is 592. The molecular formula is C17H25N5O. The molecule has 1 N–H and O–H groups in total. The van der Waals surface area contributed by atoms with Gasteiger partial charge in [-0.2, -0.15) is 5.10 Å². The standard InChI is InChI=1S/C17H25N5O/c1-18-17(19-10-4-12-22-13-5-11-20-22)21(2)14-15-6-8-16(23-3)9-7-15/h5-9,11,13H,4,10,12,14H2,1-3H3,(H,18,19). The number of hydrogen-bond acceptors (Lipinski definition) is 3. The van der Waals surface area contributed by atoms with E-state index in [0.29, 0.717) is 0 Å². The molecule has 0 atom stereocenters. The fourth-order valence-corrected chi connectivity index (χ4v) is 2.34. The Labute approximate surface area is 137 Å². The minimum Gasteiger partial charge on any atom is -0.497 e. The highest BCUT2D eigenvalue weighted by Gasteiger charge is 2.06. The molecule has 6 nitrogen and oxygen atoms in total. The lowest BCUT2D eigenvalue weighted by molar-refractivity contribution is 0.414. The van der Waals surface area contributed by atoms with E-state index in [2.05, 4.69) is 32.4 Å². The van der Waals surface area contributed by atoms with Crippen molar-refractivity contribution in [2.45, 2.75) is 19.5 Å². The van der Waals surface area contributed by atoms with Crippen molar-refractivity contribution in [2.75, 3.05) is 27.7 Å². The first-order valence-corrected chi connectivity index (χ1v) is 7.75. The van der Waals surface area contributed by atoms with Crippen molar-refractivity contribution in [3.05, 3.63) is 48.3 Å². The zero-order valence-corrected chi connectivity index (χ0v) is 14.1. The van der Waals surface area contributed by atoms with Crippen molar-refractivity contribution in [2.24, 2.45) is 4.99 Å². The molecule has 0 bridgehead atoms. The fraction of sp³-hybridized carbons (Fsp3) is 0.412. The summed E-state index contributed by atoms with van der Waals surface area (Å²) in [5.41, 5.74) is 1.22. The second-order valence-corrected chi connectivity index (χ2v) is 5.30. The zero-order valence-electron chi connectivity index (χ0n) is 14.1. The van der Waals surface area contributed by atoms with Crippen LogP contribution in [0.3, 0.4) is 0 Å². The summed E-state index contributed by atoms with van der Waals surface area (Å²) in [6.45, 7) is 2.56. The summed E-state index contributed by atoms with van der Waals surface area (Å²) in [5.74, 6) is 1.76. The Morgan fingerprint density at radius 2 is 2.13 bits per heavy atom. The molecule has 0 aliphatic heterocycles. The van der Waals surface area contributed by atoms with Crippen molar-refractivity contribution in [1.29, 1.82) is 0 Å². The molecule has 2 rings (SSSR count). The lowest BCUT2D eigenvalue weighted by Crippen LogP contribution is -2.39. The van der Waals surface area contributed by atoms with E-state index in [4.69, 9.17) is 4.74 Å². The van der Waals surface area contributed by atoms with Crippen LogP contribution >= 0.6 is 0 Å². The first-order chi connectivity index (χ1) is 11.2. The van der Waals surface area contributed by atoms with Crippen LogP contribution in [0, 0.1) is 0 Å². The number of ether oxygens (including phenoxy) is 1. The summed E-state index contributed by atoms with van der Waals surface area (Å²) in [7, 11) is 5.52. The predicted molar refractivity (Wildman–Crippen MR) is 92.7 cm³/mol. The first kappa shape index (κ1) is 16.9. The van der Waals surface area contributed by atoms with Crippen molar-refractivity contribution in [3.63, 3.8) is 0 Å². The smallest absolute Gasteiger partial charge is 0.193 e. The van der Waals surface area contributed by atoms with Gasteiger partial charge in [-0.3, -0.25) is 9.67 Å². The molecule has 124 valence electrons. The second-order valence-electron chi connectivity index (χ2n) is 5.30. The van der Waals surface area contributed by atoms with Gasteiger partial charge in [0.1, 0.15) is 5.75 Å². The van der Waals surface area contributed by atoms with Gasteiger partial charge in [0.2, 0.25) is 0 Å². The van der Waals surface area contributed by atoms with E-state index in [1.807, 2.05) is 36.1 Å². The molecule has 23 heavy (non-hydrogen) atoms. The Kier molecular flexibility index (Phi) is 6.47. The van der Waals surface area contributed by atoms with Gasteiger partial charge in [-0.1, -0.05) is 12.1 Å². The number of rotatable bonds is 7. The average Bonchev–Trinajstić information content (AvgIpc) is 3.09. The topological polar surface area (TPSA) is 54.7 Å². The lowest BCUT2D eigenvalue weighted by atomic mass is 10.2. The SMILES string of the molecule is CN=C(NCCCn1cccn1)N(C)Cc1ccc(OC)cc1. The molecule has 1 aromatic heterocycles. The maximum Gasteiger partial charge on any atom is 0.193 e. The minimum atomic E-state index is 0.794. The summed E-state index contributed by atoms with van der Waals surface area (Å²) >= 11 is 0. The average molecular weight is 315 g/mol. The van der Waals surface area contributed by atoms with Crippen LogP contribution < -0.4 is 10.1 Å². The molecule has 2 aromatic rings. The number of hydrogen-bond donors (Lipinski definition) is 1. The molecule has 1 heterocycles. The fourth-order valence-electron chi connectivity index (χ4n) is 2.34. The molecule has 0 fully saturated rings. The predicted octanol–water partition coefficient (Wildman–Crippen LogP) is 1.99. The quantitative estimate of drug-likeness (QED) is 0.482. The van der Waals surface area contributed by atoms with Gasteiger partial charge >= 0.3 is 0 Å². The van der Waals surface area contributed by atoms with Gasteiger partial charge in [0, 0.05) is 46.1 Å². The molecule has 0 spiro atoms. The normalized spacial score (nSPS) is 11.3. The van der Waals surface area contributed by atoms with Gasteiger partial charge in [0.05, 0.1) is 7.11 Å². The zero-order chi connectivity index (χ0) is 16.5. The maximum atomic E-state index is 5.18. The number of nitrogens with one attached hydrogen (secondary N) is 1. The molecular weight excluding hydrogens is 290 g/mol. The highest BCUT2D eigenvalue weighted by atomic mass is 16.5. The summed E-state index contributed by atoms with van der Waals surface area (Å²) < 4.78 is 7.12. The van der Waals surface area contributed by atoms with Crippen molar-refractivity contribution in [1.82, 2.24) is 20.0 Å². The largest absolute Gasteiger partial charge is 0.497 e. The molecule has 0 saturated heterocycles. The van der Waals surface area contributed by atoms with E-state index in [0.717, 1.165) is 37.8 Å². The van der Waals surface area contributed by atoms with E-state index in [1.165, 1.54) is 5.56 Å². The van der Waals surface area contributed by atoms with E-state index in [9.17, 15) is 0 Å². The van der Waals surface area contributed by atoms with Crippen molar-refractivity contribution >= 4 is 5.96 Å². The Hall–Kier alpha value is -2.50. The summed E-state index contributed by atoms with van der Waals surface area (Å²) in [4.78, 5) is 6.44. The van der Waals surface area contributed by atoms with Crippen LogP contribution in [-0.2, 0) is 13.1 Å². The number of benzene rings is 1. The van der Waals surface area contributed by atoms with Gasteiger partial charge in [-0.25, -0.2) is 0 Å². The molecule has 0 aliphatic rings. The van der Waals surface area contributed by atoms with Crippen molar-refractivity contribution < 1.29 is 4.74 Å². The highest BCUT2D eigenvalue weighted by molar-refractivity contribution is 5.79. The van der Waals surface area contributed by atoms with Gasteiger partial charge in [0.15, 0.2) is 5.96 Å². The second kappa shape index (κ2) is 8.82. The first-order valence-electron chi connectivity index (χ1n) is 7.75. The van der Waals surface area contributed by atoms with Gasteiger partial charge < -0.3 is 15.0 Å². The van der Waals surface area contributed by atoms with E-state index in [1.54, 1.807) is 20.4 Å². The Morgan fingerprint density at radius 1 is 1.35 bits per heavy atom. The van der Waals surface area contributed by atoms with Crippen LogP contribution in [0.2, 0.25) is 0 Å². The number of methoxy groups -OCH3 is 1. The van der Waals surface area contributed by atoms with Gasteiger partial charge in [-0.05, 0) is 30.2 Å². The molecule has 0 unspecified atom stereocenters. The van der Waals surface area contributed by atoms with Gasteiger partial charge in [-0.15, -0.1) is 0 Å². The van der Waals surface area contributed by atoms with E-state index >= 15 is 0 Å². The molecule has 0 amide bonds. The number of aryl methyl sites for hydroxylation is 1. The highest BCUT2D eigenvalue weighted by Crippen LogP contribution is 2.12. The number of guanidine groups is 1. The molecule has 0 saturated carbocycles. The van der Waals surface area contributed by atoms with Crippen molar-refractivity contribution in [3.8, 4) is 5.75 Å². The minimum absolute atomic E-state index is 0.794. The summed E-state index contributed by atoms with van der Waals surface area (Å²) in [5, 5.41) is 7.58. The molecule has 0 radical (unpaired) electrons. The number of aliphatic imine (C=N–C) groups is 1. The van der Waals surface area contributed by atoms with E-state index < -0.39 is 0 Å². The molecule has 1 aromatic carbocycles. The number of aromatic nitrogens is 2. The Morgan fingerprint density at radius 3 is 2.74 bits per heavy atom. The van der Waals surface area contributed by atoms with Crippen LogP contribution in [-0.4, -0.2) is 48.4 Å². The monoisotopic (exact) mass is 315 g/mol. The lowest BCUT2D eigenvalue weighted by Gasteiger charge is -2.22. The molecule has 0 aliphatic carbocycles. The maximum absolute atomic E-state index is 5.18. The van der Waals surface area contributed by atoms with Crippen LogP contribution in [0.5, 0.6) is 5.75 Å². The third-order valence-electron chi connectivity index (χ3n) is 3.56. The van der Waals surface area contributed by atoms with Crippen LogP contribution in [0.1, 0.15) is 12.0 Å². The van der Waals surface area contributed by atoms with Gasteiger partial charge in [0.25, 0.3) is 0 Å². The third kappa shape index (κ3) is 5.32. The summed E-state index contributed by atoms with van der Waals surface area (Å²) in [6, 6.07) is 10.0. The Balaban J connectivity index is 1.77. The van der Waals surface area contributed by atoms with E-state index in [-0.39, 0.29) is 0 Å². The van der Waals surface area contributed by atoms with Crippen LogP contribution in [0.25, 0.3) is 0 Å². The molecule has 6 heteroatoms.